The van der Waals surface area contributed by atoms with Crippen LogP contribution in [0.15, 0.2) is 60.2 Å². The summed E-state index contributed by atoms with van der Waals surface area (Å²) in [4.78, 5) is 78.8. The van der Waals surface area contributed by atoms with Crippen molar-refractivity contribution in [2.24, 2.45) is 11.3 Å². The summed E-state index contributed by atoms with van der Waals surface area (Å²) >= 11 is 0. The minimum absolute atomic E-state index is 0.0284. The molecule has 1 aliphatic carbocycles. The summed E-state index contributed by atoms with van der Waals surface area (Å²) in [7, 11) is 0.835. The largest absolute Gasteiger partial charge is 0.822 e. The lowest BCUT2D eigenvalue weighted by atomic mass is 9.47. The number of methoxy groups -OCH3 is 3. The van der Waals surface area contributed by atoms with E-state index < -0.39 is 53.8 Å². The molecule has 9 atom stereocenters. The number of nitrogens with zero attached hydrogens (tertiary/aromatic N) is 3. The quantitative estimate of drug-likeness (QED) is 0.150. The molecule has 2 fully saturated rings. The Morgan fingerprint density at radius 3 is 2.35 bits per heavy atom. The highest BCUT2D eigenvalue weighted by Crippen LogP contribution is 2.68. The van der Waals surface area contributed by atoms with Gasteiger partial charge in [-0.3, -0.25) is 19.4 Å². The van der Waals surface area contributed by atoms with Crippen LogP contribution in [0, 0.1) is 11.3 Å². The lowest BCUT2D eigenvalue weighted by Gasteiger charge is -2.63. The lowest BCUT2D eigenvalue weighted by Crippen LogP contribution is -2.81. The molecule has 1 aromatic heterocycles. The minimum atomic E-state index is -5.39. The molecule has 17 heteroatoms. The van der Waals surface area contributed by atoms with Gasteiger partial charge in [0.1, 0.15) is 11.2 Å². The summed E-state index contributed by atoms with van der Waals surface area (Å²) in [6, 6.07) is 11.2. The lowest BCUT2D eigenvalue weighted by molar-refractivity contribution is -0.432. The minimum Gasteiger partial charge on any atom is -0.822 e. The number of aromatic nitrogens is 1. The van der Waals surface area contributed by atoms with Crippen molar-refractivity contribution in [3.63, 3.8) is 0 Å². The molecule has 2 bridgehead atoms. The molecule has 2 unspecified atom stereocenters. The number of likely N-dealkylation sites (N-methyl/N-ethyl adjacent to an activating group) is 1. The number of nitrogens with one attached hydrogen (secondary N) is 1. The standard InChI is InChI=1S/C45H54N4O8.H3O4P/c1-8-27-19-28-22-44(40(51)55-6,36-30(25-48(23-27)24-28)29-13-10-11-14-33(29)46-36)32-20-31-34(21-35(32)54-5)47(4)38-43(31)16-18-49-17-12-15-42(9-2,37(43)49)39(57-26(3)50)45(38,53)41(52)56-7;1-5(2,3)4/h10-15,19-21,28,37-39,46,53H,8-9,16-18,22-25H2,1-7H3;(H3,1,2,3,4)/p-3/t28?,37-,38+,39+,42+,43+,44-,45-;/m0./s1. The van der Waals surface area contributed by atoms with Gasteiger partial charge in [-0.05, 0) is 61.4 Å². The van der Waals surface area contributed by atoms with Crippen LogP contribution in [0.3, 0.4) is 0 Å². The molecule has 9 rings (SSSR count). The van der Waals surface area contributed by atoms with Gasteiger partial charge in [0.15, 0.2) is 6.10 Å². The molecule has 6 aliphatic rings. The van der Waals surface area contributed by atoms with Crippen molar-refractivity contribution in [1.82, 2.24) is 14.8 Å². The first-order valence-electron chi connectivity index (χ1n) is 21.1. The number of aromatic amines is 1. The molecular weight excluding hydrogens is 819 g/mol. The average Bonchev–Trinajstić information content (AvgIpc) is 3.89. The van der Waals surface area contributed by atoms with Gasteiger partial charge >= 0.3 is 17.9 Å². The van der Waals surface area contributed by atoms with E-state index in [1.54, 1.807) is 7.11 Å². The van der Waals surface area contributed by atoms with Crippen LogP contribution >= 0.6 is 7.82 Å². The molecule has 0 radical (unpaired) electrons. The summed E-state index contributed by atoms with van der Waals surface area (Å²) in [5.74, 6) is -1.31. The number of carbonyl (C=O) groups excluding carboxylic acids is 3. The first-order chi connectivity index (χ1) is 29.4. The Bertz CT molecular complexity index is 2420. The first-order valence-corrected chi connectivity index (χ1v) is 22.5. The Labute approximate surface area is 360 Å². The monoisotopic (exact) mass is 873 g/mol. The number of hydrogen-bond donors (Lipinski definition) is 2. The second kappa shape index (κ2) is 15.6. The third kappa shape index (κ3) is 6.31. The number of para-hydroxylation sites is 1. The maximum Gasteiger partial charge on any atom is 0.344 e. The summed E-state index contributed by atoms with van der Waals surface area (Å²) < 4.78 is 32.4. The van der Waals surface area contributed by atoms with E-state index >= 15 is 4.79 Å². The van der Waals surface area contributed by atoms with Crippen molar-refractivity contribution in [3.8, 4) is 5.75 Å². The van der Waals surface area contributed by atoms with Gasteiger partial charge in [0.05, 0.1) is 27.4 Å². The zero-order valence-corrected chi connectivity index (χ0v) is 37.0. The van der Waals surface area contributed by atoms with Crippen LogP contribution in [0.1, 0.15) is 68.8 Å². The third-order valence-corrected chi connectivity index (χ3v) is 14.8. The predicted octanol–water partition coefficient (Wildman–Crippen LogP) is 1.93. The van der Waals surface area contributed by atoms with E-state index in [1.807, 2.05) is 37.1 Å². The van der Waals surface area contributed by atoms with E-state index in [-0.39, 0.29) is 17.9 Å². The maximum absolute atomic E-state index is 15.2. The summed E-state index contributed by atoms with van der Waals surface area (Å²) in [5.41, 5.74) is 1.05. The number of ether oxygens (including phenoxy) is 4. The Balaban J connectivity index is 0.00000100. The van der Waals surface area contributed by atoms with Crippen LogP contribution < -0.4 is 24.3 Å². The molecule has 3 aromatic rings. The van der Waals surface area contributed by atoms with E-state index in [9.17, 15) is 14.7 Å². The number of anilines is 1. The number of phosphoric acid groups is 1. The van der Waals surface area contributed by atoms with E-state index in [0.29, 0.717) is 50.2 Å². The highest BCUT2D eigenvalue weighted by molar-refractivity contribution is 7.40. The van der Waals surface area contributed by atoms with Crippen molar-refractivity contribution >= 4 is 42.3 Å². The van der Waals surface area contributed by atoms with Crippen molar-refractivity contribution < 1.29 is 57.7 Å². The van der Waals surface area contributed by atoms with Gasteiger partial charge < -0.3 is 53.2 Å². The number of aliphatic hydroxyl groups is 1. The fraction of sp³-hybridized carbons (Fsp3) is 0.533. The normalized spacial score (nSPS) is 33.0. The average molecular weight is 874 g/mol. The highest BCUT2D eigenvalue weighted by Gasteiger charge is 2.80. The van der Waals surface area contributed by atoms with Crippen LogP contribution in [-0.2, 0) is 50.5 Å². The molecule has 1 saturated carbocycles. The first kappa shape index (κ1) is 44.1. The fourth-order valence-electron chi connectivity index (χ4n) is 12.8. The van der Waals surface area contributed by atoms with Gasteiger partial charge in [-0.25, -0.2) is 4.79 Å². The Hall–Kier alpha value is -4.54. The number of rotatable bonds is 7. The van der Waals surface area contributed by atoms with E-state index in [4.69, 9.17) is 38.2 Å². The van der Waals surface area contributed by atoms with Gasteiger partial charge in [-0.2, -0.15) is 7.82 Å². The van der Waals surface area contributed by atoms with E-state index in [2.05, 4.69) is 58.1 Å². The van der Waals surface area contributed by atoms with Crippen molar-refractivity contribution in [2.75, 3.05) is 59.5 Å². The van der Waals surface area contributed by atoms with Gasteiger partial charge in [0, 0.05) is 90.9 Å². The molecule has 16 nitrogen and oxygen atoms in total. The zero-order valence-electron chi connectivity index (χ0n) is 36.1. The number of H-pyrrole nitrogens is 1. The van der Waals surface area contributed by atoms with Crippen LogP contribution in [0.4, 0.5) is 5.69 Å². The molecule has 2 aromatic carbocycles. The number of hydrogen-bond acceptors (Lipinski definition) is 15. The number of fused-ring (bicyclic) bond motifs is 6. The molecule has 1 saturated heterocycles. The van der Waals surface area contributed by atoms with Crippen molar-refractivity contribution in [2.45, 2.75) is 87.6 Å². The van der Waals surface area contributed by atoms with Crippen molar-refractivity contribution in [3.05, 3.63) is 82.6 Å². The summed E-state index contributed by atoms with van der Waals surface area (Å²) in [5, 5.41) is 14.4. The van der Waals surface area contributed by atoms with Crippen LogP contribution in [-0.4, -0.2) is 116 Å². The Morgan fingerprint density at radius 1 is 1.00 bits per heavy atom. The summed E-state index contributed by atoms with van der Waals surface area (Å²) in [6.45, 7) is 9.19. The number of esters is 3. The Kier molecular flexibility index (Phi) is 11.1. The fourth-order valence-corrected chi connectivity index (χ4v) is 12.8. The molecular formula is C45H54N4O12P-3. The second-order valence-electron chi connectivity index (χ2n) is 17.6. The maximum atomic E-state index is 15.2. The molecule has 6 heterocycles. The predicted molar refractivity (Wildman–Crippen MR) is 222 cm³/mol. The third-order valence-electron chi connectivity index (χ3n) is 14.8. The van der Waals surface area contributed by atoms with Crippen LogP contribution in [0.2, 0.25) is 0 Å². The molecule has 5 aliphatic heterocycles. The Morgan fingerprint density at radius 2 is 1.71 bits per heavy atom. The second-order valence-corrected chi connectivity index (χ2v) is 18.5. The number of carbonyl (C=O) groups is 3. The smallest absolute Gasteiger partial charge is 0.344 e. The topological polar surface area (TPSA) is 220 Å². The number of benzene rings is 2. The molecule has 334 valence electrons. The van der Waals surface area contributed by atoms with Gasteiger partial charge in [0.2, 0.25) is 5.60 Å². The van der Waals surface area contributed by atoms with Crippen molar-refractivity contribution in [1.29, 1.82) is 0 Å². The highest BCUT2D eigenvalue weighted by atomic mass is 31.2. The van der Waals surface area contributed by atoms with Crippen LogP contribution in [0.5, 0.6) is 5.75 Å². The van der Waals surface area contributed by atoms with E-state index in [1.165, 1.54) is 26.7 Å². The van der Waals surface area contributed by atoms with Gasteiger partial charge in [0.25, 0.3) is 0 Å². The summed E-state index contributed by atoms with van der Waals surface area (Å²) in [6.07, 6.45) is 7.67. The zero-order chi connectivity index (χ0) is 44.7. The SMILES string of the molecule is CCC1=CC2CN(C1)Cc1c([nH]c3ccccc13)[C@@](C(=O)OC)(c1cc3c(cc1OC)N(C)[C@H]1[C@@](O)(C(=O)OC)[C@H](OC(C)=O)[C@]4(CC)C=CCN5CC[C@]31[C@@H]54)C2.O=P([O-])([O-])[O-]. The molecule has 0 amide bonds. The van der Waals surface area contributed by atoms with Gasteiger partial charge in [-0.15, -0.1) is 0 Å². The van der Waals surface area contributed by atoms with E-state index in [0.717, 1.165) is 52.9 Å². The van der Waals surface area contributed by atoms with Crippen LogP contribution in [0.25, 0.3) is 10.9 Å². The molecule has 2 N–H and O–H groups in total. The van der Waals surface area contributed by atoms with Gasteiger partial charge in [-0.1, -0.05) is 55.8 Å². The molecule has 62 heavy (non-hydrogen) atoms. The molecule has 1 spiro atoms.